The Bertz CT molecular complexity index is 854. The zero-order valence-corrected chi connectivity index (χ0v) is 16.5. The molecular formula is C21H29N3O2. The van der Waals surface area contributed by atoms with E-state index in [1.165, 1.54) is 0 Å². The molecule has 1 heterocycles. The summed E-state index contributed by atoms with van der Waals surface area (Å²) in [4.78, 5) is 15.8. The molecule has 5 heteroatoms. The number of carbonyl (C=O) groups is 1. The minimum absolute atomic E-state index is 0.446. The van der Waals surface area contributed by atoms with Crippen LogP contribution in [0.25, 0.3) is 11.0 Å². The van der Waals surface area contributed by atoms with Crippen LogP contribution in [-0.4, -0.2) is 22.6 Å². The van der Waals surface area contributed by atoms with Gasteiger partial charge in [-0.15, -0.1) is 0 Å². The largest absolute Gasteiger partial charge is 0.496 e. The normalized spacial score (nSPS) is 9.62. The van der Waals surface area contributed by atoms with Gasteiger partial charge in [-0.3, -0.25) is 4.79 Å². The van der Waals surface area contributed by atoms with E-state index in [9.17, 15) is 4.79 Å². The molecule has 3 rings (SSSR count). The number of hydrogen-bond donors (Lipinski definition) is 1. The number of methoxy groups -OCH3 is 1. The maximum atomic E-state index is 11.3. The van der Waals surface area contributed by atoms with E-state index < -0.39 is 5.91 Å². The lowest BCUT2D eigenvalue weighted by Crippen LogP contribution is -2.10. The lowest BCUT2D eigenvalue weighted by atomic mass is 10.1. The van der Waals surface area contributed by atoms with E-state index in [0.717, 1.165) is 28.2 Å². The quantitative estimate of drug-likeness (QED) is 0.746. The van der Waals surface area contributed by atoms with Crippen LogP contribution >= 0.6 is 0 Å². The van der Waals surface area contributed by atoms with E-state index in [0.29, 0.717) is 12.1 Å². The number of amides is 1. The Hall–Kier alpha value is -2.82. The molecule has 0 aliphatic carbocycles. The Morgan fingerprint density at radius 2 is 1.77 bits per heavy atom. The van der Waals surface area contributed by atoms with E-state index in [1.807, 2.05) is 65.0 Å². The summed E-state index contributed by atoms with van der Waals surface area (Å²) in [5.74, 6) is 1.28. The summed E-state index contributed by atoms with van der Waals surface area (Å²) in [5, 5.41) is 0. The van der Waals surface area contributed by atoms with Crippen LogP contribution in [0.3, 0.4) is 0 Å². The van der Waals surface area contributed by atoms with Crippen LogP contribution in [0.5, 0.6) is 5.75 Å². The zero-order chi connectivity index (χ0) is 19.7. The number of benzene rings is 2. The van der Waals surface area contributed by atoms with Crippen molar-refractivity contribution in [3.05, 3.63) is 59.4 Å². The van der Waals surface area contributed by atoms with Gasteiger partial charge in [0.05, 0.1) is 24.7 Å². The Balaban J connectivity index is 0.000000791. The van der Waals surface area contributed by atoms with Gasteiger partial charge in [0.15, 0.2) is 0 Å². The maximum Gasteiger partial charge on any atom is 0.248 e. The third-order valence-corrected chi connectivity index (χ3v) is 3.74. The lowest BCUT2D eigenvalue weighted by Gasteiger charge is -2.11. The summed E-state index contributed by atoms with van der Waals surface area (Å²) in [6, 6.07) is 13.2. The number of rotatable bonds is 4. The number of nitrogens with zero attached hydrogens (tertiary/aromatic N) is 2. The van der Waals surface area contributed by atoms with Crippen molar-refractivity contribution in [2.24, 2.45) is 5.73 Å². The molecule has 26 heavy (non-hydrogen) atoms. The highest BCUT2D eigenvalue weighted by atomic mass is 16.5. The predicted molar refractivity (Wildman–Crippen MR) is 108 cm³/mol. The molecule has 3 aromatic rings. The molecule has 0 aliphatic rings. The summed E-state index contributed by atoms with van der Waals surface area (Å²) in [6.45, 7) is 10.6. The van der Waals surface area contributed by atoms with Crippen molar-refractivity contribution in [1.82, 2.24) is 9.55 Å². The highest BCUT2D eigenvalue weighted by molar-refractivity contribution is 5.96. The first-order valence-electron chi connectivity index (χ1n) is 8.98. The third-order valence-electron chi connectivity index (χ3n) is 3.74. The number of aromatic nitrogens is 2. The second kappa shape index (κ2) is 10.2. The van der Waals surface area contributed by atoms with E-state index in [2.05, 4.69) is 9.55 Å². The monoisotopic (exact) mass is 355 g/mol. The van der Waals surface area contributed by atoms with Crippen molar-refractivity contribution < 1.29 is 9.53 Å². The van der Waals surface area contributed by atoms with E-state index in [-0.39, 0.29) is 0 Å². The SMILES string of the molecule is CC.CC.COc1ccccc1Cn1c(C)nc2cc(C(N)=O)ccc21. The minimum atomic E-state index is -0.446. The Kier molecular flexibility index (Phi) is 8.35. The fraction of sp³-hybridized carbons (Fsp3) is 0.333. The van der Waals surface area contributed by atoms with Crippen molar-refractivity contribution in [2.75, 3.05) is 7.11 Å². The molecule has 0 spiro atoms. The van der Waals surface area contributed by atoms with Gasteiger partial charge in [0, 0.05) is 11.1 Å². The van der Waals surface area contributed by atoms with Crippen LogP contribution < -0.4 is 10.5 Å². The number of nitrogens with two attached hydrogens (primary N) is 1. The topological polar surface area (TPSA) is 70.1 Å². The average Bonchev–Trinajstić information content (AvgIpc) is 3.00. The molecule has 0 atom stereocenters. The summed E-state index contributed by atoms with van der Waals surface area (Å²) in [6.07, 6.45) is 0. The summed E-state index contributed by atoms with van der Waals surface area (Å²) < 4.78 is 7.50. The fourth-order valence-corrected chi connectivity index (χ4v) is 2.61. The molecular weight excluding hydrogens is 326 g/mol. The maximum absolute atomic E-state index is 11.3. The number of aryl methyl sites for hydroxylation is 1. The van der Waals surface area contributed by atoms with Crippen LogP contribution in [0.2, 0.25) is 0 Å². The zero-order valence-electron chi connectivity index (χ0n) is 16.5. The fourth-order valence-electron chi connectivity index (χ4n) is 2.61. The Morgan fingerprint density at radius 1 is 1.12 bits per heavy atom. The van der Waals surface area contributed by atoms with Crippen molar-refractivity contribution in [1.29, 1.82) is 0 Å². The first-order chi connectivity index (χ1) is 12.6. The van der Waals surface area contributed by atoms with E-state index >= 15 is 0 Å². The molecule has 1 amide bonds. The molecule has 5 nitrogen and oxygen atoms in total. The molecule has 0 fully saturated rings. The lowest BCUT2D eigenvalue weighted by molar-refractivity contribution is 0.100. The number of carbonyl (C=O) groups excluding carboxylic acids is 1. The molecule has 0 unspecified atom stereocenters. The van der Waals surface area contributed by atoms with Gasteiger partial charge < -0.3 is 15.0 Å². The Labute approximate surface area is 155 Å². The summed E-state index contributed by atoms with van der Waals surface area (Å²) in [7, 11) is 1.66. The standard InChI is InChI=1S/C17H17N3O2.2C2H6/c1-11-19-14-9-12(17(18)21)7-8-15(14)20(11)10-13-5-3-4-6-16(13)22-2;2*1-2/h3-9H,10H2,1-2H3,(H2,18,21);2*1-2H3. The summed E-state index contributed by atoms with van der Waals surface area (Å²) >= 11 is 0. The van der Waals surface area contributed by atoms with Crippen molar-refractivity contribution >= 4 is 16.9 Å². The number of para-hydroxylation sites is 1. The van der Waals surface area contributed by atoms with Crippen molar-refractivity contribution in [3.63, 3.8) is 0 Å². The number of imidazole rings is 1. The molecule has 140 valence electrons. The number of hydrogen-bond acceptors (Lipinski definition) is 3. The van der Waals surface area contributed by atoms with E-state index in [4.69, 9.17) is 10.5 Å². The molecule has 0 saturated heterocycles. The third kappa shape index (κ3) is 4.63. The summed E-state index contributed by atoms with van der Waals surface area (Å²) in [5.41, 5.74) is 8.60. The molecule has 2 N–H and O–H groups in total. The number of primary amides is 1. The van der Waals surface area contributed by atoms with Crippen LogP contribution in [0.4, 0.5) is 0 Å². The second-order valence-electron chi connectivity index (χ2n) is 5.12. The van der Waals surface area contributed by atoms with Gasteiger partial charge in [0.2, 0.25) is 5.91 Å². The second-order valence-corrected chi connectivity index (χ2v) is 5.12. The van der Waals surface area contributed by atoms with Gasteiger partial charge in [0.25, 0.3) is 0 Å². The highest BCUT2D eigenvalue weighted by Crippen LogP contribution is 2.23. The van der Waals surface area contributed by atoms with Crippen molar-refractivity contribution in [2.45, 2.75) is 41.2 Å². The smallest absolute Gasteiger partial charge is 0.248 e. The van der Waals surface area contributed by atoms with Crippen LogP contribution in [0.15, 0.2) is 42.5 Å². The molecule has 0 aliphatic heterocycles. The van der Waals surface area contributed by atoms with Gasteiger partial charge in [-0.2, -0.15) is 0 Å². The molecule has 2 aromatic carbocycles. The average molecular weight is 355 g/mol. The minimum Gasteiger partial charge on any atom is -0.496 e. The van der Waals surface area contributed by atoms with E-state index in [1.54, 1.807) is 19.2 Å². The molecule has 0 radical (unpaired) electrons. The first-order valence-corrected chi connectivity index (χ1v) is 8.98. The highest BCUT2D eigenvalue weighted by Gasteiger charge is 2.12. The number of fused-ring (bicyclic) bond motifs is 1. The van der Waals surface area contributed by atoms with Gasteiger partial charge in [-0.25, -0.2) is 4.98 Å². The van der Waals surface area contributed by atoms with Crippen LogP contribution in [0.1, 0.15) is 49.4 Å². The van der Waals surface area contributed by atoms with Gasteiger partial charge in [0.1, 0.15) is 11.6 Å². The first kappa shape index (κ1) is 21.2. The molecule has 0 bridgehead atoms. The van der Waals surface area contributed by atoms with Gasteiger partial charge in [-0.05, 0) is 31.2 Å². The van der Waals surface area contributed by atoms with Gasteiger partial charge >= 0.3 is 0 Å². The van der Waals surface area contributed by atoms with Crippen LogP contribution in [-0.2, 0) is 6.54 Å². The predicted octanol–water partition coefficient (Wildman–Crippen LogP) is 4.55. The van der Waals surface area contributed by atoms with Gasteiger partial charge in [-0.1, -0.05) is 45.9 Å². The van der Waals surface area contributed by atoms with Crippen molar-refractivity contribution in [3.8, 4) is 5.75 Å². The number of ether oxygens (including phenoxy) is 1. The molecule has 1 aromatic heterocycles. The molecule has 0 saturated carbocycles. The van der Waals surface area contributed by atoms with Crippen LogP contribution in [0, 0.1) is 6.92 Å². The Morgan fingerprint density at radius 3 is 2.38 bits per heavy atom.